The molecule has 132 valence electrons. The minimum absolute atomic E-state index is 0.227. The van der Waals surface area contributed by atoms with Crippen molar-refractivity contribution >= 4 is 16.0 Å². The summed E-state index contributed by atoms with van der Waals surface area (Å²) in [5.41, 5.74) is 0. The first-order valence-corrected chi connectivity index (χ1v) is 9.57. The zero-order chi connectivity index (χ0) is 17.3. The molecule has 1 heterocycles. The predicted octanol–water partition coefficient (Wildman–Crippen LogP) is -0.667. The quantitative estimate of drug-likeness (QED) is 0.311. The number of nitrogens with zero attached hydrogens (tertiary/aromatic N) is 4. The van der Waals surface area contributed by atoms with Crippen molar-refractivity contribution < 1.29 is 8.42 Å². The van der Waals surface area contributed by atoms with Crippen molar-refractivity contribution in [2.24, 2.45) is 4.99 Å². The molecule has 10 heteroatoms. The highest BCUT2D eigenvalue weighted by atomic mass is 32.2. The van der Waals surface area contributed by atoms with Crippen LogP contribution >= 0.6 is 0 Å². The molecule has 1 aromatic rings. The van der Waals surface area contributed by atoms with Gasteiger partial charge < -0.3 is 15.2 Å². The fraction of sp³-hybridized carbons (Fsp3) is 0.769. The van der Waals surface area contributed by atoms with E-state index in [1.54, 1.807) is 6.33 Å². The summed E-state index contributed by atoms with van der Waals surface area (Å²) in [6.45, 7) is 8.11. The minimum atomic E-state index is -3.18. The highest BCUT2D eigenvalue weighted by Crippen LogP contribution is 1.94. The SMILES string of the molecule is CCc1nncn1CCNC(=NCCNS(C)(=O)=O)NC(C)C. The van der Waals surface area contributed by atoms with Gasteiger partial charge in [-0.05, 0) is 13.8 Å². The average Bonchev–Trinajstić information content (AvgIpc) is 2.89. The summed E-state index contributed by atoms with van der Waals surface area (Å²) in [4.78, 5) is 4.36. The molecule has 0 atom stereocenters. The highest BCUT2D eigenvalue weighted by molar-refractivity contribution is 7.88. The van der Waals surface area contributed by atoms with Crippen molar-refractivity contribution in [3.63, 3.8) is 0 Å². The van der Waals surface area contributed by atoms with E-state index in [9.17, 15) is 8.42 Å². The average molecular weight is 345 g/mol. The Morgan fingerprint density at radius 1 is 1.39 bits per heavy atom. The van der Waals surface area contributed by atoms with E-state index < -0.39 is 10.0 Å². The van der Waals surface area contributed by atoms with Crippen LogP contribution in [0.1, 0.15) is 26.6 Å². The van der Waals surface area contributed by atoms with Gasteiger partial charge in [-0.25, -0.2) is 13.1 Å². The van der Waals surface area contributed by atoms with Gasteiger partial charge in [-0.3, -0.25) is 4.99 Å². The lowest BCUT2D eigenvalue weighted by Gasteiger charge is -2.15. The Morgan fingerprint density at radius 2 is 2.13 bits per heavy atom. The van der Waals surface area contributed by atoms with Gasteiger partial charge in [0.05, 0.1) is 12.8 Å². The lowest BCUT2D eigenvalue weighted by molar-refractivity contribution is 0.587. The Morgan fingerprint density at radius 3 is 2.74 bits per heavy atom. The van der Waals surface area contributed by atoms with Gasteiger partial charge in [0.2, 0.25) is 10.0 Å². The maximum absolute atomic E-state index is 11.0. The standard InChI is InChI=1S/C13H27N7O2S/c1-5-12-19-16-10-20(12)9-8-15-13(18-11(2)3)14-6-7-17-23(4,21)22/h10-11,17H,5-9H2,1-4H3,(H2,14,15,18). The second-order valence-corrected chi connectivity index (χ2v) is 7.25. The number of rotatable bonds is 9. The molecule has 0 aliphatic heterocycles. The van der Waals surface area contributed by atoms with Crippen molar-refractivity contribution in [3.05, 3.63) is 12.2 Å². The second-order valence-electron chi connectivity index (χ2n) is 5.42. The largest absolute Gasteiger partial charge is 0.355 e. The molecule has 1 aromatic heterocycles. The summed E-state index contributed by atoms with van der Waals surface area (Å²) < 4.78 is 26.4. The molecule has 1 rings (SSSR count). The Hall–Kier alpha value is -1.68. The molecule has 0 radical (unpaired) electrons. The molecule has 0 fully saturated rings. The first-order valence-electron chi connectivity index (χ1n) is 7.68. The van der Waals surface area contributed by atoms with Crippen LogP contribution in [0.3, 0.4) is 0 Å². The zero-order valence-electron chi connectivity index (χ0n) is 14.2. The monoisotopic (exact) mass is 345 g/mol. The second kappa shape index (κ2) is 9.46. The van der Waals surface area contributed by atoms with Crippen LogP contribution in [-0.2, 0) is 23.0 Å². The number of hydrogen-bond donors (Lipinski definition) is 3. The van der Waals surface area contributed by atoms with E-state index in [2.05, 4.69) is 30.5 Å². The molecule has 9 nitrogen and oxygen atoms in total. The van der Waals surface area contributed by atoms with Crippen LogP contribution < -0.4 is 15.4 Å². The van der Waals surface area contributed by atoms with E-state index in [4.69, 9.17) is 0 Å². The van der Waals surface area contributed by atoms with Crippen molar-refractivity contribution in [2.45, 2.75) is 39.8 Å². The number of guanidine groups is 1. The molecule has 0 aliphatic rings. The summed E-state index contributed by atoms with van der Waals surface area (Å²) in [6, 6.07) is 0.227. The topological polar surface area (TPSA) is 113 Å². The summed E-state index contributed by atoms with van der Waals surface area (Å²) in [5.74, 6) is 1.60. The molecular weight excluding hydrogens is 318 g/mol. The Kier molecular flexibility index (Phi) is 7.96. The molecule has 0 aliphatic carbocycles. The Bertz CT molecular complexity index is 595. The number of aryl methyl sites for hydroxylation is 1. The smallest absolute Gasteiger partial charge is 0.208 e. The highest BCUT2D eigenvalue weighted by Gasteiger charge is 2.04. The van der Waals surface area contributed by atoms with Gasteiger partial charge in [-0.1, -0.05) is 6.92 Å². The van der Waals surface area contributed by atoms with Gasteiger partial charge in [-0.15, -0.1) is 10.2 Å². The van der Waals surface area contributed by atoms with E-state index in [0.717, 1.165) is 25.0 Å². The number of hydrogen-bond acceptors (Lipinski definition) is 5. The number of nitrogens with one attached hydrogen (secondary N) is 3. The molecule has 0 saturated carbocycles. The molecule has 0 aromatic carbocycles. The normalized spacial score (nSPS) is 12.7. The van der Waals surface area contributed by atoms with E-state index in [1.165, 1.54) is 0 Å². The Balaban J connectivity index is 2.47. The van der Waals surface area contributed by atoms with Gasteiger partial charge in [0.25, 0.3) is 0 Å². The number of sulfonamides is 1. The summed E-state index contributed by atoms with van der Waals surface area (Å²) in [6.07, 6.45) is 3.68. The van der Waals surface area contributed by atoms with Crippen LogP contribution in [0.2, 0.25) is 0 Å². The summed E-state index contributed by atoms with van der Waals surface area (Å²) >= 11 is 0. The lowest BCUT2D eigenvalue weighted by atomic mass is 10.4. The predicted molar refractivity (Wildman–Crippen MR) is 90.8 cm³/mol. The third kappa shape index (κ3) is 8.50. The van der Waals surface area contributed by atoms with Crippen LogP contribution in [0.4, 0.5) is 0 Å². The molecule has 0 spiro atoms. The van der Waals surface area contributed by atoms with Crippen LogP contribution in [0.15, 0.2) is 11.3 Å². The maximum atomic E-state index is 11.0. The first kappa shape index (κ1) is 19.4. The lowest BCUT2D eigenvalue weighted by Crippen LogP contribution is -2.42. The maximum Gasteiger partial charge on any atom is 0.208 e. The molecule has 0 amide bonds. The zero-order valence-corrected chi connectivity index (χ0v) is 15.0. The van der Waals surface area contributed by atoms with Crippen LogP contribution in [0, 0.1) is 0 Å². The number of aromatic nitrogens is 3. The fourth-order valence-electron chi connectivity index (χ4n) is 1.86. The molecule has 23 heavy (non-hydrogen) atoms. The fourth-order valence-corrected chi connectivity index (χ4v) is 2.32. The van der Waals surface area contributed by atoms with Gasteiger partial charge in [0, 0.05) is 32.1 Å². The van der Waals surface area contributed by atoms with Gasteiger partial charge in [0.15, 0.2) is 5.96 Å². The van der Waals surface area contributed by atoms with Crippen molar-refractivity contribution in [1.82, 2.24) is 30.1 Å². The van der Waals surface area contributed by atoms with Crippen molar-refractivity contribution in [2.75, 3.05) is 25.9 Å². The van der Waals surface area contributed by atoms with Crippen LogP contribution in [0.5, 0.6) is 0 Å². The third-order valence-corrected chi connectivity index (χ3v) is 3.56. The number of aliphatic imine (C=N–C) groups is 1. The molecule has 0 unspecified atom stereocenters. The van der Waals surface area contributed by atoms with Gasteiger partial charge >= 0.3 is 0 Å². The molecular formula is C13H27N7O2S. The third-order valence-electron chi connectivity index (χ3n) is 2.83. The van der Waals surface area contributed by atoms with Gasteiger partial charge in [-0.2, -0.15) is 0 Å². The van der Waals surface area contributed by atoms with E-state index in [0.29, 0.717) is 19.0 Å². The molecule has 0 bridgehead atoms. The van der Waals surface area contributed by atoms with Crippen molar-refractivity contribution in [3.8, 4) is 0 Å². The molecule has 0 saturated heterocycles. The Labute approximate surface area is 138 Å². The van der Waals surface area contributed by atoms with E-state index in [1.807, 2.05) is 25.3 Å². The van der Waals surface area contributed by atoms with E-state index >= 15 is 0 Å². The first-order chi connectivity index (χ1) is 10.8. The summed E-state index contributed by atoms with van der Waals surface area (Å²) in [7, 11) is -3.18. The van der Waals surface area contributed by atoms with E-state index in [-0.39, 0.29) is 12.6 Å². The van der Waals surface area contributed by atoms with Crippen molar-refractivity contribution in [1.29, 1.82) is 0 Å². The molecule has 3 N–H and O–H groups in total. The van der Waals surface area contributed by atoms with Gasteiger partial charge in [0.1, 0.15) is 12.2 Å². The van der Waals surface area contributed by atoms with Crippen LogP contribution in [-0.4, -0.2) is 61.1 Å². The van der Waals surface area contributed by atoms with Crippen LogP contribution in [0.25, 0.3) is 0 Å². The summed E-state index contributed by atoms with van der Waals surface area (Å²) in [5, 5.41) is 14.4. The minimum Gasteiger partial charge on any atom is -0.355 e.